The summed E-state index contributed by atoms with van der Waals surface area (Å²) in [5.41, 5.74) is 0.422. The molecule has 1 aromatic carbocycles. The molecule has 5 heteroatoms. The number of rotatable bonds is 2. The van der Waals surface area contributed by atoms with E-state index in [1.165, 1.54) is 0 Å². The van der Waals surface area contributed by atoms with Gasteiger partial charge in [-0.1, -0.05) is 6.92 Å². The lowest BCUT2D eigenvalue weighted by Crippen LogP contribution is -2.44. The average Bonchev–Trinajstić information content (AvgIpc) is 2.40. The van der Waals surface area contributed by atoms with Crippen LogP contribution >= 0.6 is 0 Å². The Labute approximate surface area is 118 Å². The first-order chi connectivity index (χ1) is 9.51. The van der Waals surface area contributed by atoms with Crippen LogP contribution in [0.4, 0.5) is 18.9 Å². The summed E-state index contributed by atoms with van der Waals surface area (Å²) in [6.45, 7) is 5.64. The minimum absolute atomic E-state index is 0.359. The van der Waals surface area contributed by atoms with Gasteiger partial charge in [-0.15, -0.1) is 0 Å². The van der Waals surface area contributed by atoms with Crippen LogP contribution in [0.15, 0.2) is 12.1 Å². The summed E-state index contributed by atoms with van der Waals surface area (Å²) in [6, 6.07) is 2.93. The van der Waals surface area contributed by atoms with Crippen molar-refractivity contribution in [3.8, 4) is 0 Å². The van der Waals surface area contributed by atoms with Gasteiger partial charge in [0.25, 0.3) is 0 Å². The second-order valence-corrected chi connectivity index (χ2v) is 5.46. The topological polar surface area (TPSA) is 15.3 Å². The lowest BCUT2D eigenvalue weighted by atomic mass is 10.1. The Hall–Kier alpha value is -1.23. The molecule has 1 aromatic rings. The van der Waals surface area contributed by atoms with Gasteiger partial charge in [0.05, 0.1) is 0 Å². The van der Waals surface area contributed by atoms with Gasteiger partial charge in [0.2, 0.25) is 0 Å². The van der Waals surface area contributed by atoms with Crippen LogP contribution in [-0.2, 0) is 0 Å². The number of benzene rings is 1. The quantitative estimate of drug-likeness (QED) is 0.838. The molecule has 20 heavy (non-hydrogen) atoms. The van der Waals surface area contributed by atoms with Crippen LogP contribution in [0.5, 0.6) is 0 Å². The van der Waals surface area contributed by atoms with E-state index in [9.17, 15) is 13.2 Å². The van der Waals surface area contributed by atoms with Gasteiger partial charge in [0.1, 0.15) is 0 Å². The van der Waals surface area contributed by atoms with E-state index in [0.717, 1.165) is 31.4 Å². The van der Waals surface area contributed by atoms with Crippen molar-refractivity contribution >= 4 is 5.69 Å². The van der Waals surface area contributed by atoms with E-state index in [-0.39, 0.29) is 0 Å². The molecule has 112 valence electrons. The van der Waals surface area contributed by atoms with Gasteiger partial charge in [-0.3, -0.25) is 0 Å². The largest absolute Gasteiger partial charge is 0.371 e. The van der Waals surface area contributed by atoms with E-state index in [2.05, 4.69) is 19.2 Å². The van der Waals surface area contributed by atoms with Crippen LogP contribution in [0.25, 0.3) is 0 Å². The summed E-state index contributed by atoms with van der Waals surface area (Å²) in [6.07, 6.45) is 2.81. The number of hydrogen-bond acceptors (Lipinski definition) is 2. The fourth-order valence-corrected chi connectivity index (χ4v) is 2.65. The van der Waals surface area contributed by atoms with E-state index in [0.29, 0.717) is 30.9 Å². The van der Waals surface area contributed by atoms with E-state index in [1.807, 2.05) is 4.90 Å². The summed E-state index contributed by atoms with van der Waals surface area (Å²) in [5, 5.41) is 3.54. The van der Waals surface area contributed by atoms with Crippen LogP contribution < -0.4 is 10.2 Å². The maximum absolute atomic E-state index is 13.3. The number of halogens is 3. The molecular weight excluding hydrogens is 265 g/mol. The molecule has 0 aliphatic carbocycles. The number of nitrogens with zero attached hydrogens (tertiary/aromatic N) is 1. The number of hydrogen-bond donors (Lipinski definition) is 1. The van der Waals surface area contributed by atoms with Gasteiger partial charge in [-0.2, -0.15) is 0 Å². The smallest absolute Gasteiger partial charge is 0.194 e. The van der Waals surface area contributed by atoms with E-state index >= 15 is 0 Å². The van der Waals surface area contributed by atoms with Crippen molar-refractivity contribution in [1.82, 2.24) is 5.32 Å². The molecule has 2 rings (SSSR count). The zero-order valence-corrected chi connectivity index (χ0v) is 11.9. The van der Waals surface area contributed by atoms with E-state index in [4.69, 9.17) is 0 Å². The summed E-state index contributed by atoms with van der Waals surface area (Å²) in [5.74, 6) is -3.65. The normalized spacial score (nSPS) is 24.4. The molecule has 0 radical (unpaired) electrons. The zero-order valence-electron chi connectivity index (χ0n) is 11.9. The molecule has 1 saturated heterocycles. The molecular formula is C15H21F3N2. The lowest BCUT2D eigenvalue weighted by Gasteiger charge is -2.33. The Bertz CT molecular complexity index is 441. The van der Waals surface area contributed by atoms with Crippen molar-refractivity contribution in [1.29, 1.82) is 0 Å². The van der Waals surface area contributed by atoms with Gasteiger partial charge < -0.3 is 10.2 Å². The minimum Gasteiger partial charge on any atom is -0.371 e. The number of nitrogens with one attached hydrogen (secondary N) is 1. The van der Waals surface area contributed by atoms with Crippen molar-refractivity contribution in [2.75, 3.05) is 18.0 Å². The highest BCUT2D eigenvalue weighted by molar-refractivity contribution is 5.47. The highest BCUT2D eigenvalue weighted by Crippen LogP contribution is 2.23. The molecule has 2 atom stereocenters. The summed E-state index contributed by atoms with van der Waals surface area (Å²) in [7, 11) is 0. The van der Waals surface area contributed by atoms with Crippen molar-refractivity contribution in [3.63, 3.8) is 0 Å². The van der Waals surface area contributed by atoms with E-state index < -0.39 is 17.5 Å². The maximum Gasteiger partial charge on any atom is 0.194 e. The lowest BCUT2D eigenvalue weighted by molar-refractivity contribution is 0.378. The molecule has 0 bridgehead atoms. The molecule has 0 amide bonds. The molecule has 2 nitrogen and oxygen atoms in total. The molecule has 0 aromatic heterocycles. The molecule has 0 saturated carbocycles. The minimum atomic E-state index is -1.40. The van der Waals surface area contributed by atoms with Crippen molar-refractivity contribution in [2.24, 2.45) is 0 Å². The van der Waals surface area contributed by atoms with Gasteiger partial charge >= 0.3 is 0 Å². The highest BCUT2D eigenvalue weighted by atomic mass is 19.2. The third-order valence-corrected chi connectivity index (χ3v) is 3.93. The molecule has 1 aliphatic heterocycles. The standard InChI is InChI=1S/C15H21F3N2/c1-3-11-5-7-20(6-4-10(2)19-11)12-8-13(16)15(18)14(17)9-12/h8-11,19H,3-7H2,1-2H3. The zero-order chi connectivity index (χ0) is 14.7. The summed E-state index contributed by atoms with van der Waals surface area (Å²) < 4.78 is 39.7. The average molecular weight is 286 g/mol. The second-order valence-electron chi connectivity index (χ2n) is 5.46. The SMILES string of the molecule is CCC1CCN(c2cc(F)c(F)c(F)c2)CCC(C)N1. The predicted molar refractivity (Wildman–Crippen MR) is 74.4 cm³/mol. The van der Waals surface area contributed by atoms with Crippen LogP contribution in [0, 0.1) is 17.5 Å². The first-order valence-electron chi connectivity index (χ1n) is 7.16. The highest BCUT2D eigenvalue weighted by Gasteiger charge is 2.20. The Morgan fingerprint density at radius 1 is 1.15 bits per heavy atom. The molecule has 2 unspecified atom stereocenters. The first kappa shape index (κ1) is 15.2. The van der Waals surface area contributed by atoms with Crippen molar-refractivity contribution < 1.29 is 13.2 Å². The fraction of sp³-hybridized carbons (Fsp3) is 0.600. The molecule has 1 N–H and O–H groups in total. The van der Waals surface area contributed by atoms with Crippen LogP contribution in [-0.4, -0.2) is 25.2 Å². The van der Waals surface area contributed by atoms with Crippen molar-refractivity contribution in [3.05, 3.63) is 29.6 Å². The van der Waals surface area contributed by atoms with Gasteiger partial charge in [0, 0.05) is 43.0 Å². The Balaban J connectivity index is 2.18. The van der Waals surface area contributed by atoms with Gasteiger partial charge in [0.15, 0.2) is 17.5 Å². The Kier molecular flexibility index (Phi) is 4.91. The number of anilines is 1. The summed E-state index contributed by atoms with van der Waals surface area (Å²) >= 11 is 0. The van der Waals surface area contributed by atoms with E-state index in [1.54, 1.807) is 0 Å². The second kappa shape index (κ2) is 6.48. The fourth-order valence-electron chi connectivity index (χ4n) is 2.65. The molecule has 0 spiro atoms. The molecule has 1 fully saturated rings. The monoisotopic (exact) mass is 286 g/mol. The Morgan fingerprint density at radius 3 is 2.35 bits per heavy atom. The van der Waals surface area contributed by atoms with Crippen LogP contribution in [0.1, 0.15) is 33.1 Å². The van der Waals surface area contributed by atoms with Crippen LogP contribution in [0.2, 0.25) is 0 Å². The van der Waals surface area contributed by atoms with Crippen molar-refractivity contribution in [2.45, 2.75) is 45.2 Å². The Morgan fingerprint density at radius 2 is 1.75 bits per heavy atom. The molecule has 1 aliphatic rings. The predicted octanol–water partition coefficient (Wildman–Crippen LogP) is 3.46. The van der Waals surface area contributed by atoms with Gasteiger partial charge in [-0.05, 0) is 26.2 Å². The first-order valence-corrected chi connectivity index (χ1v) is 7.16. The third-order valence-electron chi connectivity index (χ3n) is 3.93. The third kappa shape index (κ3) is 3.45. The molecule has 1 heterocycles. The van der Waals surface area contributed by atoms with Crippen LogP contribution in [0.3, 0.4) is 0 Å². The maximum atomic E-state index is 13.3. The summed E-state index contributed by atoms with van der Waals surface area (Å²) in [4.78, 5) is 1.94. The van der Waals surface area contributed by atoms with Gasteiger partial charge in [-0.25, -0.2) is 13.2 Å².